The van der Waals surface area contributed by atoms with E-state index in [0.717, 1.165) is 61.5 Å². The van der Waals surface area contributed by atoms with Gasteiger partial charge in [0.2, 0.25) is 5.78 Å². The van der Waals surface area contributed by atoms with Crippen molar-refractivity contribution in [1.82, 2.24) is 23.5 Å². The van der Waals surface area contributed by atoms with Gasteiger partial charge in [0.1, 0.15) is 11.2 Å². The molecule has 50 heavy (non-hydrogen) atoms. The van der Waals surface area contributed by atoms with Crippen LogP contribution in [0.4, 0.5) is 0 Å². The molecule has 0 fully saturated rings. The lowest BCUT2D eigenvalue weighted by Crippen LogP contribution is -2.27. The second kappa shape index (κ2) is 9.24. The van der Waals surface area contributed by atoms with Crippen LogP contribution in [0.25, 0.3) is 72.5 Å². The van der Waals surface area contributed by atoms with E-state index in [1.807, 2.05) is 0 Å². The van der Waals surface area contributed by atoms with Gasteiger partial charge in [-0.15, -0.1) is 0 Å². The van der Waals surface area contributed by atoms with Crippen LogP contribution in [0.3, 0.4) is 0 Å². The summed E-state index contributed by atoms with van der Waals surface area (Å²) in [4.78, 5) is 10.7. The minimum atomic E-state index is -0.476. The van der Waals surface area contributed by atoms with Crippen molar-refractivity contribution in [2.75, 3.05) is 0 Å². The molecule has 12 rings (SSSR count). The molecule has 0 bridgehead atoms. The fourth-order valence-corrected chi connectivity index (χ4v) is 9.04. The quantitative estimate of drug-likeness (QED) is 0.189. The number of fused-ring (bicyclic) bond motifs is 17. The first-order chi connectivity index (χ1) is 24.8. The zero-order valence-corrected chi connectivity index (χ0v) is 26.8. The molecule has 3 aromatic heterocycles. The number of nitrogens with zero attached hydrogens (tertiary/aromatic N) is 5. The molecule has 0 atom stereocenters. The summed E-state index contributed by atoms with van der Waals surface area (Å²) < 4.78 is 6.95. The zero-order valence-electron chi connectivity index (χ0n) is 26.8. The summed E-state index contributed by atoms with van der Waals surface area (Å²) in [6.07, 6.45) is 0. The monoisotopic (exact) mass is 637 g/mol. The Bertz CT molecular complexity index is 3000. The molecule has 1 aliphatic heterocycles. The van der Waals surface area contributed by atoms with Crippen LogP contribution in [0.2, 0.25) is 0 Å². The van der Waals surface area contributed by atoms with Crippen LogP contribution >= 0.6 is 0 Å². The van der Waals surface area contributed by atoms with E-state index in [9.17, 15) is 0 Å². The lowest BCUT2D eigenvalue weighted by Gasteiger charge is -2.27. The van der Waals surface area contributed by atoms with Gasteiger partial charge in [0.15, 0.2) is 0 Å². The van der Waals surface area contributed by atoms with E-state index >= 15 is 0 Å². The molecule has 0 unspecified atom stereocenters. The molecule has 5 heteroatoms. The molecule has 0 N–H and O–H groups in total. The van der Waals surface area contributed by atoms with Gasteiger partial charge in [0, 0.05) is 5.69 Å². The number of hydrogen-bond acceptors (Lipinski definition) is 2. The Balaban J connectivity index is 1.10. The summed E-state index contributed by atoms with van der Waals surface area (Å²) in [6.45, 7) is 0. The van der Waals surface area contributed by atoms with E-state index in [2.05, 4.69) is 177 Å². The first-order valence-corrected chi connectivity index (χ1v) is 17.1. The largest absolute Gasteiger partial charge is 0.295 e. The Hall–Kier alpha value is -6.72. The third-order valence-corrected chi connectivity index (χ3v) is 11.0. The highest BCUT2D eigenvalue weighted by Crippen LogP contribution is 2.60. The van der Waals surface area contributed by atoms with Gasteiger partial charge < -0.3 is 0 Å². The van der Waals surface area contributed by atoms with Gasteiger partial charge in [-0.25, -0.2) is 9.97 Å². The highest BCUT2D eigenvalue weighted by atomic mass is 15.2. The molecule has 4 heterocycles. The summed E-state index contributed by atoms with van der Waals surface area (Å²) in [7, 11) is 0. The van der Waals surface area contributed by atoms with Crippen molar-refractivity contribution in [2.45, 2.75) is 5.41 Å². The minimum absolute atomic E-state index is 0.476. The molecule has 0 saturated heterocycles. The van der Waals surface area contributed by atoms with Crippen molar-refractivity contribution in [2.24, 2.45) is 0 Å². The normalized spacial score (nSPS) is 13.8. The van der Waals surface area contributed by atoms with Gasteiger partial charge in [-0.2, -0.15) is 0 Å². The maximum Gasteiger partial charge on any atom is 0.220 e. The highest BCUT2D eigenvalue weighted by Gasteiger charge is 2.54. The summed E-state index contributed by atoms with van der Waals surface area (Å²) >= 11 is 0. The highest BCUT2D eigenvalue weighted by molar-refractivity contribution is 5.96. The van der Waals surface area contributed by atoms with Crippen LogP contribution in [0.1, 0.15) is 22.5 Å². The molecule has 1 aliphatic carbocycles. The van der Waals surface area contributed by atoms with Gasteiger partial charge >= 0.3 is 0 Å². The van der Waals surface area contributed by atoms with E-state index in [0.29, 0.717) is 0 Å². The van der Waals surface area contributed by atoms with E-state index < -0.39 is 5.41 Å². The molecule has 0 amide bonds. The molecule has 232 valence electrons. The molecule has 7 aromatic carbocycles. The third kappa shape index (κ3) is 3.09. The Labute approximate surface area is 287 Å². The summed E-state index contributed by atoms with van der Waals surface area (Å²) in [5.41, 5.74) is 17.0. The van der Waals surface area contributed by atoms with Crippen molar-refractivity contribution < 1.29 is 0 Å². The smallest absolute Gasteiger partial charge is 0.220 e. The van der Waals surface area contributed by atoms with E-state index in [1.54, 1.807) is 0 Å². The second-order valence-corrected chi connectivity index (χ2v) is 13.4. The number of benzene rings is 7. The van der Waals surface area contributed by atoms with Crippen LogP contribution in [-0.2, 0) is 5.41 Å². The number of para-hydroxylation sites is 4. The summed E-state index contributed by atoms with van der Waals surface area (Å²) in [6, 6.07) is 59.0. The molecule has 10 aromatic rings. The van der Waals surface area contributed by atoms with Crippen LogP contribution in [0.5, 0.6) is 0 Å². The Morgan fingerprint density at radius 2 is 1.06 bits per heavy atom. The first-order valence-electron chi connectivity index (χ1n) is 17.1. The van der Waals surface area contributed by atoms with Crippen LogP contribution < -0.4 is 0 Å². The average Bonchev–Trinajstić information content (AvgIpc) is 3.95. The summed E-state index contributed by atoms with van der Waals surface area (Å²) in [5, 5.41) is 0. The molecular weight excluding hydrogens is 611 g/mol. The molecule has 0 saturated carbocycles. The van der Waals surface area contributed by atoms with Crippen molar-refractivity contribution in [3.8, 4) is 33.6 Å². The second-order valence-electron chi connectivity index (χ2n) is 13.4. The maximum absolute atomic E-state index is 5.56. The minimum Gasteiger partial charge on any atom is -0.295 e. The number of rotatable bonds is 2. The predicted octanol–water partition coefficient (Wildman–Crippen LogP) is 10.1. The third-order valence-electron chi connectivity index (χ3n) is 11.0. The fourth-order valence-electron chi connectivity index (χ4n) is 9.04. The van der Waals surface area contributed by atoms with E-state index in [1.165, 1.54) is 33.5 Å². The number of hydrogen-bond donors (Lipinski definition) is 0. The topological polar surface area (TPSA) is 40.0 Å². The lowest BCUT2D eigenvalue weighted by atomic mass is 9.73. The average molecular weight is 638 g/mol. The van der Waals surface area contributed by atoms with Gasteiger partial charge in [-0.05, 0) is 93.5 Å². The number of imidazole rings is 3. The van der Waals surface area contributed by atoms with Crippen LogP contribution in [0.15, 0.2) is 164 Å². The lowest BCUT2D eigenvalue weighted by molar-refractivity contribution is 0.738. The Morgan fingerprint density at radius 1 is 0.420 bits per heavy atom. The number of aromatic nitrogens is 5. The van der Waals surface area contributed by atoms with Gasteiger partial charge in [0.05, 0.1) is 38.8 Å². The van der Waals surface area contributed by atoms with Gasteiger partial charge in [-0.3, -0.25) is 13.5 Å². The molecular formula is C45H27N5. The fraction of sp³-hybridized carbons (Fsp3) is 0.0222. The van der Waals surface area contributed by atoms with E-state index in [-0.39, 0.29) is 0 Å². The van der Waals surface area contributed by atoms with Crippen molar-refractivity contribution in [1.29, 1.82) is 0 Å². The van der Waals surface area contributed by atoms with Crippen molar-refractivity contribution >= 4 is 38.9 Å². The SMILES string of the molecule is c1ccc(-n2c3ccc(-c4ccc5c(c4)nc4n5-c5ccccc5C45c4ccccc4-c4ccccc45)cc3n3c4ccccc4nc23)cc1. The van der Waals surface area contributed by atoms with E-state index in [4.69, 9.17) is 9.97 Å². The first kappa shape index (κ1) is 26.3. The molecule has 0 radical (unpaired) electrons. The molecule has 2 aliphatic rings. The zero-order chi connectivity index (χ0) is 32.6. The predicted molar refractivity (Wildman–Crippen MR) is 200 cm³/mol. The van der Waals surface area contributed by atoms with Crippen molar-refractivity contribution in [3.05, 3.63) is 186 Å². The van der Waals surface area contributed by atoms with Crippen LogP contribution in [-0.4, -0.2) is 23.5 Å². The standard InChI is InChI=1S/C45H27N5/c1-2-12-30(13-3-1)48-41-25-23-29(27-42(41)50-39-21-11-9-19-36(39)47-44(48)50)28-22-24-40-37(26-28)46-43-45(35-18-8-10-20-38(35)49(40)43)33-16-6-4-14-31(33)32-15-5-7-17-34(32)45/h1-27H. The molecule has 5 nitrogen and oxygen atoms in total. The Kier molecular flexibility index (Phi) is 4.86. The van der Waals surface area contributed by atoms with Crippen molar-refractivity contribution in [3.63, 3.8) is 0 Å². The van der Waals surface area contributed by atoms with Gasteiger partial charge in [-0.1, -0.05) is 109 Å². The molecule has 1 spiro atoms. The Morgan fingerprint density at radius 3 is 1.86 bits per heavy atom. The maximum atomic E-state index is 5.56. The summed E-state index contributed by atoms with van der Waals surface area (Å²) in [5.74, 6) is 1.97. The van der Waals surface area contributed by atoms with Gasteiger partial charge in [0.25, 0.3) is 0 Å². The van der Waals surface area contributed by atoms with Crippen LogP contribution in [0, 0.1) is 0 Å².